The maximum absolute atomic E-state index is 9.53. The topological polar surface area (TPSA) is 58.7 Å². The molecule has 3 N–H and O–H groups in total. The lowest BCUT2D eigenvalue weighted by molar-refractivity contribution is 0.255. The van der Waals surface area contributed by atoms with Gasteiger partial charge in [0.25, 0.3) is 0 Å². The highest BCUT2D eigenvalue weighted by Gasteiger charge is 2.22. The van der Waals surface area contributed by atoms with Crippen LogP contribution in [0.4, 0.5) is 11.4 Å². The van der Waals surface area contributed by atoms with Gasteiger partial charge in [0.2, 0.25) is 0 Å². The van der Waals surface area contributed by atoms with Crippen molar-refractivity contribution in [1.29, 1.82) is 0 Å². The van der Waals surface area contributed by atoms with Crippen LogP contribution >= 0.6 is 0 Å². The molecule has 0 amide bonds. The lowest BCUT2D eigenvalue weighted by Crippen LogP contribution is -2.38. The number of aliphatic hydroxyl groups is 1. The quantitative estimate of drug-likeness (QED) is 0.806. The van der Waals surface area contributed by atoms with Gasteiger partial charge in [-0.3, -0.25) is 0 Å². The summed E-state index contributed by atoms with van der Waals surface area (Å²) >= 11 is 0. The third-order valence-corrected chi connectivity index (χ3v) is 3.63. The molecule has 0 radical (unpaired) electrons. The molecule has 0 spiro atoms. The van der Waals surface area contributed by atoms with Crippen LogP contribution in [0.1, 0.15) is 25.7 Å². The number of nitrogens with two attached hydrogens (primary N) is 1. The Bertz CT molecular complexity index is 395. The Morgan fingerprint density at radius 1 is 1.39 bits per heavy atom. The molecule has 4 heteroatoms. The Kier molecular flexibility index (Phi) is 4.31. The summed E-state index contributed by atoms with van der Waals surface area (Å²) in [5.74, 6) is 0.770. The van der Waals surface area contributed by atoms with Crippen molar-refractivity contribution in [3.63, 3.8) is 0 Å². The summed E-state index contributed by atoms with van der Waals surface area (Å²) in [4.78, 5) is 2.24. The van der Waals surface area contributed by atoms with Crippen molar-refractivity contribution < 1.29 is 9.84 Å². The summed E-state index contributed by atoms with van der Waals surface area (Å²) in [6.45, 7) is 1.15. The molecule has 1 aromatic carbocycles. The molecule has 1 fully saturated rings. The first-order valence-corrected chi connectivity index (χ1v) is 6.57. The molecule has 18 heavy (non-hydrogen) atoms. The van der Waals surface area contributed by atoms with Crippen LogP contribution in [0, 0.1) is 0 Å². The molecule has 0 aromatic heterocycles. The predicted molar refractivity (Wildman–Crippen MR) is 74.1 cm³/mol. The summed E-state index contributed by atoms with van der Waals surface area (Å²) in [5, 5.41) is 9.53. The minimum Gasteiger partial charge on any atom is -0.497 e. The van der Waals surface area contributed by atoms with E-state index in [4.69, 9.17) is 10.5 Å². The van der Waals surface area contributed by atoms with Gasteiger partial charge >= 0.3 is 0 Å². The van der Waals surface area contributed by atoms with Crippen LogP contribution in [0.15, 0.2) is 18.2 Å². The van der Waals surface area contributed by atoms with Gasteiger partial charge in [-0.2, -0.15) is 0 Å². The molecule has 1 aliphatic heterocycles. The smallest absolute Gasteiger partial charge is 0.121 e. The van der Waals surface area contributed by atoms with Crippen LogP contribution < -0.4 is 15.4 Å². The highest BCUT2D eigenvalue weighted by Crippen LogP contribution is 2.31. The van der Waals surface area contributed by atoms with Gasteiger partial charge in [0.05, 0.1) is 31.1 Å². The maximum atomic E-state index is 9.53. The maximum Gasteiger partial charge on any atom is 0.121 e. The molecular formula is C14H22N2O2. The molecule has 0 aliphatic carbocycles. The number of ether oxygens (including phenoxy) is 1. The van der Waals surface area contributed by atoms with E-state index in [9.17, 15) is 5.11 Å². The summed E-state index contributed by atoms with van der Waals surface area (Å²) < 4.78 is 5.17. The standard InChI is InChI=1S/C14H22N2O2/c1-18-12-6-7-14(13(15)9-12)16-8-4-2-3-5-11(16)10-17/h6-7,9,11,17H,2-5,8,10,15H2,1H3. The molecule has 0 saturated carbocycles. The molecule has 1 aromatic rings. The fraction of sp³-hybridized carbons (Fsp3) is 0.571. The van der Waals surface area contributed by atoms with Crippen LogP contribution in [0.3, 0.4) is 0 Å². The van der Waals surface area contributed by atoms with Crippen molar-refractivity contribution in [3.8, 4) is 5.75 Å². The molecule has 1 saturated heterocycles. The second-order valence-corrected chi connectivity index (χ2v) is 4.80. The summed E-state index contributed by atoms with van der Waals surface area (Å²) in [7, 11) is 1.64. The van der Waals surface area contributed by atoms with E-state index in [0.29, 0.717) is 0 Å². The van der Waals surface area contributed by atoms with Gasteiger partial charge in [-0.05, 0) is 25.0 Å². The minimum atomic E-state index is 0.184. The fourth-order valence-electron chi connectivity index (χ4n) is 2.61. The van der Waals surface area contributed by atoms with Crippen LogP contribution in [0.2, 0.25) is 0 Å². The number of aliphatic hydroxyl groups excluding tert-OH is 1. The van der Waals surface area contributed by atoms with E-state index in [0.717, 1.165) is 36.5 Å². The first-order chi connectivity index (χ1) is 8.76. The molecule has 1 aliphatic rings. The summed E-state index contributed by atoms with van der Waals surface area (Å²) in [5.41, 5.74) is 7.82. The van der Waals surface area contributed by atoms with Gasteiger partial charge in [-0.15, -0.1) is 0 Å². The predicted octanol–water partition coefficient (Wildman–Crippen LogP) is 2.02. The highest BCUT2D eigenvalue weighted by atomic mass is 16.5. The van der Waals surface area contributed by atoms with Crippen molar-refractivity contribution >= 4 is 11.4 Å². The van der Waals surface area contributed by atoms with E-state index in [1.807, 2.05) is 18.2 Å². The van der Waals surface area contributed by atoms with Gasteiger partial charge in [0.15, 0.2) is 0 Å². The molecule has 4 nitrogen and oxygen atoms in total. The van der Waals surface area contributed by atoms with Crippen molar-refractivity contribution in [1.82, 2.24) is 0 Å². The second-order valence-electron chi connectivity index (χ2n) is 4.80. The molecule has 1 heterocycles. The number of benzene rings is 1. The Morgan fingerprint density at radius 2 is 2.22 bits per heavy atom. The largest absolute Gasteiger partial charge is 0.497 e. The van der Waals surface area contributed by atoms with Gasteiger partial charge in [-0.1, -0.05) is 12.8 Å². The van der Waals surface area contributed by atoms with Crippen LogP contribution in [0.5, 0.6) is 5.75 Å². The zero-order chi connectivity index (χ0) is 13.0. The number of nitrogens with zero attached hydrogens (tertiary/aromatic N) is 1. The van der Waals surface area contributed by atoms with E-state index in [1.165, 1.54) is 12.8 Å². The molecule has 100 valence electrons. The Hall–Kier alpha value is -1.42. The molecule has 1 atom stereocenters. The Balaban J connectivity index is 2.27. The molecule has 2 rings (SSSR count). The summed E-state index contributed by atoms with van der Waals surface area (Å²) in [6.07, 6.45) is 4.59. The summed E-state index contributed by atoms with van der Waals surface area (Å²) in [6, 6.07) is 5.94. The molecular weight excluding hydrogens is 228 g/mol. The highest BCUT2D eigenvalue weighted by molar-refractivity contribution is 5.70. The molecule has 0 bridgehead atoms. The van der Waals surface area contributed by atoms with Gasteiger partial charge in [0.1, 0.15) is 5.75 Å². The normalized spacial score (nSPS) is 20.6. The number of nitrogen functional groups attached to an aromatic ring is 1. The third-order valence-electron chi connectivity index (χ3n) is 3.63. The zero-order valence-electron chi connectivity index (χ0n) is 10.9. The lowest BCUT2D eigenvalue weighted by Gasteiger charge is -2.31. The lowest BCUT2D eigenvalue weighted by atomic mass is 10.1. The average Bonchev–Trinajstić information content (AvgIpc) is 2.63. The van der Waals surface area contributed by atoms with Crippen LogP contribution in [0.25, 0.3) is 0 Å². The van der Waals surface area contributed by atoms with Crippen molar-refractivity contribution in [2.24, 2.45) is 0 Å². The first-order valence-electron chi connectivity index (χ1n) is 6.57. The molecule has 1 unspecified atom stereocenters. The van der Waals surface area contributed by atoms with E-state index in [1.54, 1.807) is 7.11 Å². The van der Waals surface area contributed by atoms with E-state index in [2.05, 4.69) is 4.90 Å². The van der Waals surface area contributed by atoms with E-state index in [-0.39, 0.29) is 12.6 Å². The fourth-order valence-corrected chi connectivity index (χ4v) is 2.61. The van der Waals surface area contributed by atoms with Gasteiger partial charge < -0.3 is 20.5 Å². The average molecular weight is 250 g/mol. The Labute approximate surface area is 108 Å². The van der Waals surface area contributed by atoms with Crippen LogP contribution in [-0.2, 0) is 0 Å². The minimum absolute atomic E-state index is 0.184. The first kappa shape index (κ1) is 13.0. The monoisotopic (exact) mass is 250 g/mol. The Morgan fingerprint density at radius 3 is 2.89 bits per heavy atom. The number of hydrogen-bond acceptors (Lipinski definition) is 4. The van der Waals surface area contributed by atoms with E-state index >= 15 is 0 Å². The van der Waals surface area contributed by atoms with Gasteiger partial charge in [0, 0.05) is 12.6 Å². The number of anilines is 2. The second kappa shape index (κ2) is 5.96. The number of rotatable bonds is 3. The van der Waals surface area contributed by atoms with Gasteiger partial charge in [-0.25, -0.2) is 0 Å². The van der Waals surface area contributed by atoms with Crippen LogP contribution in [-0.4, -0.2) is 31.4 Å². The third kappa shape index (κ3) is 2.70. The number of methoxy groups -OCH3 is 1. The SMILES string of the molecule is COc1ccc(N2CCCCCC2CO)c(N)c1. The van der Waals surface area contributed by atoms with Crippen molar-refractivity contribution in [3.05, 3.63) is 18.2 Å². The van der Waals surface area contributed by atoms with E-state index < -0.39 is 0 Å². The number of hydrogen-bond donors (Lipinski definition) is 2. The zero-order valence-corrected chi connectivity index (χ0v) is 10.9. The van der Waals surface area contributed by atoms with Crippen molar-refractivity contribution in [2.45, 2.75) is 31.7 Å². The van der Waals surface area contributed by atoms with Crippen molar-refractivity contribution in [2.75, 3.05) is 30.9 Å².